The third-order valence-corrected chi connectivity index (χ3v) is 3.69. The number of carboxylic acid groups (broad SMARTS) is 1. The highest BCUT2D eigenvalue weighted by molar-refractivity contribution is 5.91. The smallest absolute Gasteiger partial charge is 0.311 e. The molecule has 2 saturated heterocycles. The van der Waals surface area contributed by atoms with Gasteiger partial charge in [0.2, 0.25) is 11.8 Å². The number of amides is 2. The molecule has 0 aliphatic carbocycles. The molecule has 2 heterocycles. The van der Waals surface area contributed by atoms with Gasteiger partial charge in [0.1, 0.15) is 12.0 Å². The zero-order valence-electron chi connectivity index (χ0n) is 10.8. The fourth-order valence-corrected chi connectivity index (χ4v) is 2.64. The zero-order valence-corrected chi connectivity index (χ0v) is 10.8. The van der Waals surface area contributed by atoms with Crippen molar-refractivity contribution in [3.8, 4) is 0 Å². The zero-order chi connectivity index (χ0) is 14.0. The van der Waals surface area contributed by atoms with Gasteiger partial charge in [0.15, 0.2) is 0 Å². The molecule has 19 heavy (non-hydrogen) atoms. The Morgan fingerprint density at radius 2 is 2.21 bits per heavy atom. The Kier molecular flexibility index (Phi) is 4.04. The number of nitrogens with zero attached hydrogens (tertiary/aromatic N) is 1. The average Bonchev–Trinajstić information content (AvgIpc) is 2.98. The molecule has 2 aliphatic heterocycles. The number of carbonyl (C=O) groups is 3. The number of likely N-dealkylation sites (N-methyl/N-ethyl adjacent to an activating group) is 1. The first-order valence-corrected chi connectivity index (χ1v) is 6.45. The van der Waals surface area contributed by atoms with Gasteiger partial charge in [-0.05, 0) is 13.3 Å². The second-order valence-corrected chi connectivity index (χ2v) is 4.83. The molecule has 2 unspecified atom stereocenters. The molecule has 0 radical (unpaired) electrons. The summed E-state index contributed by atoms with van der Waals surface area (Å²) in [6.07, 6.45) is 0.816. The minimum atomic E-state index is -0.954. The van der Waals surface area contributed by atoms with E-state index >= 15 is 0 Å². The molecule has 0 saturated carbocycles. The van der Waals surface area contributed by atoms with Crippen LogP contribution in [0.25, 0.3) is 0 Å². The molecule has 106 valence electrons. The lowest BCUT2D eigenvalue weighted by atomic mass is 10.0. The van der Waals surface area contributed by atoms with E-state index in [-0.39, 0.29) is 25.0 Å². The molecule has 0 bridgehead atoms. The third-order valence-electron chi connectivity index (χ3n) is 3.69. The van der Waals surface area contributed by atoms with Crippen molar-refractivity contribution in [2.24, 2.45) is 5.92 Å². The summed E-state index contributed by atoms with van der Waals surface area (Å²) in [5, 5.41) is 11.7. The Morgan fingerprint density at radius 3 is 2.74 bits per heavy atom. The molecule has 2 amide bonds. The molecule has 3 atom stereocenters. The number of ether oxygens (including phenoxy) is 1. The van der Waals surface area contributed by atoms with Gasteiger partial charge in [-0.3, -0.25) is 14.4 Å². The summed E-state index contributed by atoms with van der Waals surface area (Å²) in [6, 6.07) is -0.977. The fraction of sp³-hybridized carbons (Fsp3) is 0.750. The van der Waals surface area contributed by atoms with E-state index < -0.39 is 24.0 Å². The Hall–Kier alpha value is -1.63. The standard InChI is InChI=1S/C12H18N2O5/c1-2-14(9-6-19-5-7(9)12(17)18)11(16)8-3-4-10(15)13-8/h7-9H,2-6H2,1H3,(H,13,15)(H,17,18)/t7?,8-,9?/m0/s1. The normalized spacial score (nSPS) is 30.2. The highest BCUT2D eigenvalue weighted by Crippen LogP contribution is 2.22. The maximum Gasteiger partial charge on any atom is 0.311 e. The summed E-state index contributed by atoms with van der Waals surface area (Å²) in [5.74, 6) is -1.99. The average molecular weight is 270 g/mol. The van der Waals surface area contributed by atoms with Gasteiger partial charge in [-0.25, -0.2) is 0 Å². The summed E-state index contributed by atoms with van der Waals surface area (Å²) in [6.45, 7) is 2.56. The molecule has 2 N–H and O–H groups in total. The molecule has 2 aliphatic rings. The van der Waals surface area contributed by atoms with Crippen LogP contribution in [0.2, 0.25) is 0 Å². The maximum absolute atomic E-state index is 12.3. The lowest BCUT2D eigenvalue weighted by molar-refractivity contribution is -0.145. The minimum absolute atomic E-state index is 0.126. The first-order chi connectivity index (χ1) is 9.04. The quantitative estimate of drug-likeness (QED) is 0.698. The van der Waals surface area contributed by atoms with E-state index in [0.717, 1.165) is 0 Å². The van der Waals surface area contributed by atoms with Gasteiger partial charge in [-0.15, -0.1) is 0 Å². The van der Waals surface area contributed by atoms with Crippen molar-refractivity contribution in [1.29, 1.82) is 0 Å². The van der Waals surface area contributed by atoms with E-state index in [1.165, 1.54) is 4.90 Å². The van der Waals surface area contributed by atoms with Crippen molar-refractivity contribution >= 4 is 17.8 Å². The van der Waals surface area contributed by atoms with Gasteiger partial charge in [-0.2, -0.15) is 0 Å². The predicted octanol–water partition coefficient (Wildman–Crippen LogP) is -0.787. The number of rotatable bonds is 4. The number of carbonyl (C=O) groups excluding carboxylic acids is 2. The molecular formula is C12H18N2O5. The lowest BCUT2D eigenvalue weighted by Crippen LogP contribution is -2.52. The number of nitrogens with one attached hydrogen (secondary N) is 1. The Bertz CT molecular complexity index is 398. The molecule has 2 fully saturated rings. The first-order valence-electron chi connectivity index (χ1n) is 6.45. The molecule has 2 rings (SSSR count). The molecule has 0 aromatic heterocycles. The molecular weight excluding hydrogens is 252 g/mol. The summed E-state index contributed by atoms with van der Waals surface area (Å²) in [5.41, 5.74) is 0. The Labute approximate surface area is 110 Å². The van der Waals surface area contributed by atoms with Crippen molar-refractivity contribution in [3.05, 3.63) is 0 Å². The second kappa shape index (κ2) is 5.56. The molecule has 0 aromatic carbocycles. The van der Waals surface area contributed by atoms with Crippen LogP contribution in [-0.4, -0.2) is 59.6 Å². The van der Waals surface area contributed by atoms with Gasteiger partial charge in [0.25, 0.3) is 0 Å². The van der Waals surface area contributed by atoms with Crippen LogP contribution in [0, 0.1) is 5.92 Å². The highest BCUT2D eigenvalue weighted by atomic mass is 16.5. The minimum Gasteiger partial charge on any atom is -0.481 e. The second-order valence-electron chi connectivity index (χ2n) is 4.83. The van der Waals surface area contributed by atoms with E-state index in [1.807, 2.05) is 0 Å². The van der Waals surface area contributed by atoms with E-state index in [1.54, 1.807) is 6.92 Å². The van der Waals surface area contributed by atoms with Crippen molar-refractivity contribution in [2.45, 2.75) is 31.8 Å². The van der Waals surface area contributed by atoms with Crippen LogP contribution in [-0.2, 0) is 19.1 Å². The van der Waals surface area contributed by atoms with E-state index in [2.05, 4.69) is 5.32 Å². The summed E-state index contributed by atoms with van der Waals surface area (Å²) in [4.78, 5) is 36.2. The Balaban J connectivity index is 2.08. The summed E-state index contributed by atoms with van der Waals surface area (Å²) >= 11 is 0. The van der Waals surface area contributed by atoms with Gasteiger partial charge in [-0.1, -0.05) is 0 Å². The maximum atomic E-state index is 12.3. The lowest BCUT2D eigenvalue weighted by Gasteiger charge is -2.31. The monoisotopic (exact) mass is 270 g/mol. The number of carboxylic acids is 1. The van der Waals surface area contributed by atoms with E-state index in [0.29, 0.717) is 19.4 Å². The van der Waals surface area contributed by atoms with Crippen LogP contribution >= 0.6 is 0 Å². The predicted molar refractivity (Wildman–Crippen MR) is 64.3 cm³/mol. The molecule has 0 spiro atoms. The van der Waals surface area contributed by atoms with Crippen molar-refractivity contribution in [2.75, 3.05) is 19.8 Å². The number of hydrogen-bond donors (Lipinski definition) is 2. The van der Waals surface area contributed by atoms with Crippen LogP contribution < -0.4 is 5.32 Å². The Morgan fingerprint density at radius 1 is 1.47 bits per heavy atom. The van der Waals surface area contributed by atoms with Crippen LogP contribution in [0.1, 0.15) is 19.8 Å². The van der Waals surface area contributed by atoms with E-state index in [9.17, 15) is 14.4 Å². The van der Waals surface area contributed by atoms with Crippen molar-refractivity contribution < 1.29 is 24.2 Å². The van der Waals surface area contributed by atoms with Crippen LogP contribution in [0.3, 0.4) is 0 Å². The van der Waals surface area contributed by atoms with Crippen LogP contribution in [0.5, 0.6) is 0 Å². The molecule has 7 heteroatoms. The van der Waals surface area contributed by atoms with E-state index in [4.69, 9.17) is 9.84 Å². The summed E-state index contributed by atoms with van der Waals surface area (Å²) < 4.78 is 5.19. The van der Waals surface area contributed by atoms with Crippen molar-refractivity contribution in [3.63, 3.8) is 0 Å². The van der Waals surface area contributed by atoms with Gasteiger partial charge in [0.05, 0.1) is 19.3 Å². The molecule has 7 nitrogen and oxygen atoms in total. The summed E-state index contributed by atoms with van der Waals surface area (Å²) in [7, 11) is 0. The first kappa shape index (κ1) is 13.8. The third kappa shape index (κ3) is 2.70. The van der Waals surface area contributed by atoms with Gasteiger partial charge >= 0.3 is 5.97 Å². The highest BCUT2D eigenvalue weighted by Gasteiger charge is 2.42. The van der Waals surface area contributed by atoms with Crippen LogP contribution in [0.4, 0.5) is 0 Å². The van der Waals surface area contributed by atoms with Gasteiger partial charge in [0, 0.05) is 13.0 Å². The topological polar surface area (TPSA) is 95.9 Å². The number of hydrogen-bond acceptors (Lipinski definition) is 4. The van der Waals surface area contributed by atoms with Crippen molar-refractivity contribution in [1.82, 2.24) is 10.2 Å². The van der Waals surface area contributed by atoms with Gasteiger partial charge < -0.3 is 20.1 Å². The van der Waals surface area contributed by atoms with Crippen LogP contribution in [0.15, 0.2) is 0 Å². The SMILES string of the molecule is CCN(C(=O)[C@@H]1CCC(=O)N1)C1COCC1C(=O)O. The number of aliphatic carboxylic acids is 1. The fourth-order valence-electron chi connectivity index (χ4n) is 2.64. The largest absolute Gasteiger partial charge is 0.481 e. The molecule has 0 aromatic rings.